The Morgan fingerprint density at radius 2 is 1.83 bits per heavy atom. The Labute approximate surface area is 168 Å². The molecule has 1 atom stereocenters. The maximum absolute atomic E-state index is 13.2. The molecule has 0 unspecified atom stereocenters. The van der Waals surface area contributed by atoms with Crippen LogP contribution in [0.25, 0.3) is 0 Å². The van der Waals surface area contributed by atoms with Gasteiger partial charge in [-0.3, -0.25) is 19.8 Å². The summed E-state index contributed by atoms with van der Waals surface area (Å²) in [5.74, 6) is -1.83. The first kappa shape index (κ1) is 20.8. The Bertz CT molecular complexity index is 807. The van der Waals surface area contributed by atoms with Gasteiger partial charge in [0, 0.05) is 6.04 Å². The summed E-state index contributed by atoms with van der Waals surface area (Å²) < 4.78 is 13.2. The number of hydrogen-bond donors (Lipinski definition) is 3. The Kier molecular flexibility index (Phi) is 6.14. The van der Waals surface area contributed by atoms with Crippen LogP contribution in [0.4, 0.5) is 14.0 Å². The van der Waals surface area contributed by atoms with Crippen molar-refractivity contribution in [1.29, 1.82) is 0 Å². The molecule has 0 bridgehead atoms. The summed E-state index contributed by atoms with van der Waals surface area (Å²) in [7, 11) is 0. The fraction of sp³-hybridized carbons (Fsp3) is 0.500. The molecule has 9 heteroatoms. The van der Waals surface area contributed by atoms with Crippen LogP contribution < -0.4 is 16.0 Å². The van der Waals surface area contributed by atoms with Crippen LogP contribution in [-0.4, -0.2) is 41.4 Å². The number of carbonyl (C=O) groups excluding carboxylic acids is 4. The van der Waals surface area contributed by atoms with Crippen LogP contribution >= 0.6 is 0 Å². The third-order valence-corrected chi connectivity index (χ3v) is 5.54. The van der Waals surface area contributed by atoms with E-state index in [1.165, 1.54) is 24.3 Å². The number of amides is 6. The summed E-state index contributed by atoms with van der Waals surface area (Å²) in [4.78, 5) is 50.4. The maximum Gasteiger partial charge on any atom is 0.325 e. The average Bonchev–Trinajstić information content (AvgIpc) is 2.94. The number of urea groups is 2. The van der Waals surface area contributed by atoms with Crippen molar-refractivity contribution in [2.45, 2.75) is 57.0 Å². The third-order valence-electron chi connectivity index (χ3n) is 5.54. The highest BCUT2D eigenvalue weighted by Crippen LogP contribution is 2.32. The van der Waals surface area contributed by atoms with Crippen molar-refractivity contribution >= 4 is 23.9 Å². The molecule has 2 aliphatic rings. The molecule has 3 rings (SSSR count). The maximum atomic E-state index is 13.2. The van der Waals surface area contributed by atoms with E-state index in [1.807, 2.05) is 0 Å². The van der Waals surface area contributed by atoms with E-state index in [1.54, 1.807) is 6.92 Å². The first-order valence-electron chi connectivity index (χ1n) is 9.86. The minimum Gasteiger partial charge on any atom is -0.335 e. The molecule has 0 radical (unpaired) electrons. The van der Waals surface area contributed by atoms with Gasteiger partial charge < -0.3 is 10.6 Å². The quantitative estimate of drug-likeness (QED) is 0.654. The Morgan fingerprint density at radius 1 is 1.17 bits per heavy atom. The number of benzene rings is 1. The molecule has 1 aliphatic carbocycles. The summed E-state index contributed by atoms with van der Waals surface area (Å²) in [6.45, 7) is 1.13. The van der Waals surface area contributed by atoms with Gasteiger partial charge >= 0.3 is 12.1 Å². The topological polar surface area (TPSA) is 108 Å². The van der Waals surface area contributed by atoms with Gasteiger partial charge in [-0.05, 0) is 37.0 Å². The van der Waals surface area contributed by atoms with E-state index in [-0.39, 0.29) is 12.5 Å². The zero-order chi connectivity index (χ0) is 21.0. The second-order valence-corrected chi connectivity index (χ2v) is 7.44. The number of halogens is 1. The van der Waals surface area contributed by atoms with Crippen LogP contribution in [0.1, 0.15) is 51.0 Å². The third kappa shape index (κ3) is 4.38. The molecular formula is C20H25FN4O4. The van der Waals surface area contributed by atoms with Crippen LogP contribution in [-0.2, 0) is 15.1 Å². The molecule has 8 nitrogen and oxygen atoms in total. The predicted octanol–water partition coefficient (Wildman–Crippen LogP) is 2.14. The summed E-state index contributed by atoms with van der Waals surface area (Å²) in [5, 5.41) is 7.53. The van der Waals surface area contributed by atoms with Crippen LogP contribution in [0.2, 0.25) is 0 Å². The van der Waals surface area contributed by atoms with Crippen molar-refractivity contribution in [3.05, 3.63) is 35.6 Å². The number of imide groups is 2. The van der Waals surface area contributed by atoms with Gasteiger partial charge in [0.15, 0.2) is 0 Å². The van der Waals surface area contributed by atoms with Gasteiger partial charge in [-0.1, -0.05) is 38.3 Å². The fourth-order valence-corrected chi connectivity index (χ4v) is 3.92. The van der Waals surface area contributed by atoms with Gasteiger partial charge in [-0.25, -0.2) is 14.0 Å². The van der Waals surface area contributed by atoms with E-state index >= 15 is 0 Å². The van der Waals surface area contributed by atoms with Crippen molar-refractivity contribution in [3.63, 3.8) is 0 Å². The number of hydrogen-bond acceptors (Lipinski definition) is 4. The standard InChI is InChI=1S/C20H25FN4O4/c1-2-20(13-8-10-14(21)11-9-13)17(27)25(19(29)24-20)12-16(26)23-18(28)22-15-6-4-3-5-7-15/h8-11,15H,2-7,12H2,1H3,(H,24,29)(H2,22,23,26,28)/t20-/m1/s1. The van der Waals surface area contributed by atoms with Crippen molar-refractivity contribution in [1.82, 2.24) is 20.9 Å². The molecule has 1 heterocycles. The van der Waals surface area contributed by atoms with Crippen LogP contribution in [0.15, 0.2) is 24.3 Å². The van der Waals surface area contributed by atoms with E-state index in [2.05, 4.69) is 16.0 Å². The lowest BCUT2D eigenvalue weighted by Gasteiger charge is -2.25. The SMILES string of the molecule is CC[C@]1(c2ccc(F)cc2)NC(=O)N(CC(=O)NC(=O)NC2CCCCC2)C1=O. The molecule has 1 aromatic carbocycles. The normalized spacial score (nSPS) is 22.3. The fourth-order valence-electron chi connectivity index (χ4n) is 3.92. The average molecular weight is 404 g/mol. The number of rotatable bonds is 5. The van der Waals surface area contributed by atoms with Crippen molar-refractivity contribution in [2.75, 3.05) is 6.54 Å². The van der Waals surface area contributed by atoms with Gasteiger partial charge in [0.25, 0.3) is 5.91 Å². The molecule has 0 spiro atoms. The number of carbonyl (C=O) groups is 4. The smallest absolute Gasteiger partial charge is 0.325 e. The predicted molar refractivity (Wildman–Crippen MR) is 102 cm³/mol. The van der Waals surface area contributed by atoms with Crippen molar-refractivity contribution in [3.8, 4) is 0 Å². The van der Waals surface area contributed by atoms with E-state index in [0.29, 0.717) is 5.56 Å². The Hall–Kier alpha value is -2.97. The summed E-state index contributed by atoms with van der Waals surface area (Å²) in [6.07, 6.45) is 5.16. The molecule has 6 amide bonds. The van der Waals surface area contributed by atoms with Crippen LogP contribution in [0, 0.1) is 5.82 Å². The van der Waals surface area contributed by atoms with E-state index in [0.717, 1.165) is 37.0 Å². The monoisotopic (exact) mass is 404 g/mol. The molecule has 3 N–H and O–H groups in total. The first-order valence-corrected chi connectivity index (χ1v) is 9.86. The van der Waals surface area contributed by atoms with Gasteiger partial charge in [-0.15, -0.1) is 0 Å². The molecule has 1 saturated carbocycles. The number of nitrogens with zero attached hydrogens (tertiary/aromatic N) is 1. The zero-order valence-electron chi connectivity index (χ0n) is 16.3. The molecule has 2 fully saturated rings. The summed E-state index contributed by atoms with van der Waals surface area (Å²) >= 11 is 0. The molecule has 1 aliphatic heterocycles. The second kappa shape index (κ2) is 8.59. The lowest BCUT2D eigenvalue weighted by atomic mass is 9.87. The lowest BCUT2D eigenvalue weighted by molar-refractivity contribution is -0.135. The zero-order valence-corrected chi connectivity index (χ0v) is 16.3. The van der Waals surface area contributed by atoms with Gasteiger partial charge in [0.05, 0.1) is 0 Å². The summed E-state index contributed by atoms with van der Waals surface area (Å²) in [5.41, 5.74) is -0.937. The Morgan fingerprint density at radius 3 is 2.45 bits per heavy atom. The highest BCUT2D eigenvalue weighted by molar-refractivity contribution is 6.10. The van der Waals surface area contributed by atoms with Gasteiger partial charge in [0.2, 0.25) is 5.91 Å². The van der Waals surface area contributed by atoms with Gasteiger partial charge in [-0.2, -0.15) is 0 Å². The largest absolute Gasteiger partial charge is 0.335 e. The molecule has 29 heavy (non-hydrogen) atoms. The van der Waals surface area contributed by atoms with Crippen molar-refractivity contribution < 1.29 is 23.6 Å². The van der Waals surface area contributed by atoms with Gasteiger partial charge in [0.1, 0.15) is 17.9 Å². The van der Waals surface area contributed by atoms with Crippen LogP contribution in [0.3, 0.4) is 0 Å². The second-order valence-electron chi connectivity index (χ2n) is 7.44. The first-order chi connectivity index (χ1) is 13.9. The summed E-state index contributed by atoms with van der Waals surface area (Å²) in [6, 6.07) is 3.93. The number of nitrogens with one attached hydrogen (secondary N) is 3. The molecule has 156 valence electrons. The van der Waals surface area contributed by atoms with E-state index < -0.39 is 41.8 Å². The van der Waals surface area contributed by atoms with Crippen LogP contribution in [0.5, 0.6) is 0 Å². The van der Waals surface area contributed by atoms with E-state index in [4.69, 9.17) is 0 Å². The molecule has 1 saturated heterocycles. The highest BCUT2D eigenvalue weighted by atomic mass is 19.1. The minimum atomic E-state index is -1.37. The minimum absolute atomic E-state index is 0.0273. The lowest BCUT2D eigenvalue weighted by Crippen LogP contribution is -2.49. The molecule has 0 aromatic heterocycles. The molecule has 1 aromatic rings. The Balaban J connectivity index is 1.63. The van der Waals surface area contributed by atoms with Crippen molar-refractivity contribution in [2.24, 2.45) is 0 Å². The highest BCUT2D eigenvalue weighted by Gasteiger charge is 2.51. The van der Waals surface area contributed by atoms with E-state index in [9.17, 15) is 23.6 Å². The molecular weight excluding hydrogens is 379 g/mol.